The third-order valence-electron chi connectivity index (χ3n) is 1.45. The summed E-state index contributed by atoms with van der Waals surface area (Å²) in [6, 6.07) is 3.39. The molecule has 0 atom stereocenters. The molecule has 2 aromatic heterocycles. The van der Waals surface area contributed by atoms with E-state index in [1.807, 2.05) is 0 Å². The molecule has 2 rings (SSSR count). The topological polar surface area (TPSA) is 64.3 Å². The first-order valence-corrected chi connectivity index (χ1v) is 4.40. The zero-order valence-electron chi connectivity index (χ0n) is 5.91. The summed E-state index contributed by atoms with van der Waals surface area (Å²) in [4.78, 5) is 3.86. The Balaban J connectivity index is 2.87. The van der Waals surface area contributed by atoms with Crippen LogP contribution < -0.4 is 0 Å². The van der Waals surface area contributed by atoms with Gasteiger partial charge in [0.2, 0.25) is 0 Å². The average molecular weight is 183 g/mol. The summed E-state index contributed by atoms with van der Waals surface area (Å²) < 4.78 is 22.5. The minimum Gasteiger partial charge on any atom is -0.234 e. The van der Waals surface area contributed by atoms with Gasteiger partial charge in [0.05, 0.1) is 6.20 Å². The molecule has 0 aliphatic carbocycles. The first-order valence-electron chi connectivity index (χ1n) is 3.22. The molecule has 0 N–H and O–H groups in total. The van der Waals surface area contributed by atoms with E-state index in [-0.39, 0.29) is 5.03 Å². The highest BCUT2D eigenvalue weighted by atomic mass is 32.2. The molecule has 0 spiro atoms. The number of hydrogen-bond donors (Lipinski definition) is 1. The molecule has 0 aliphatic heterocycles. The van der Waals surface area contributed by atoms with Gasteiger partial charge >= 0.3 is 0 Å². The lowest BCUT2D eigenvalue weighted by Gasteiger charge is -1.90. The highest BCUT2D eigenvalue weighted by molar-refractivity contribution is 7.72. The van der Waals surface area contributed by atoms with Crippen molar-refractivity contribution in [2.24, 2.45) is 0 Å². The van der Waals surface area contributed by atoms with E-state index in [0.717, 1.165) is 0 Å². The van der Waals surface area contributed by atoms with Gasteiger partial charge in [0.1, 0.15) is 0 Å². The second-order valence-corrected chi connectivity index (χ2v) is 3.14. The van der Waals surface area contributed by atoms with E-state index >= 15 is 0 Å². The Morgan fingerprint density at radius 2 is 2.25 bits per heavy atom. The fourth-order valence-electron chi connectivity index (χ4n) is 0.941. The van der Waals surface area contributed by atoms with Crippen LogP contribution >= 0.6 is 0 Å². The average Bonchev–Trinajstić information content (AvgIpc) is 2.47. The predicted octanol–water partition coefficient (Wildman–Crippen LogP) is -0.300. The van der Waals surface area contributed by atoms with E-state index in [1.165, 1.54) is 16.9 Å². The van der Waals surface area contributed by atoms with Gasteiger partial charge in [0.25, 0.3) is 0 Å². The Kier molecular flexibility index (Phi) is 1.54. The molecule has 0 aromatic carbocycles. The standard InChI is InChI=1S/C6H5N3O2S/c10-12(11)6-4-7-5-2-1-3-8-9(5)6/h1-4,12H. The number of fused-ring (bicyclic) bond motifs is 1. The smallest absolute Gasteiger partial charge is 0.187 e. The third kappa shape index (κ3) is 0.964. The van der Waals surface area contributed by atoms with Crippen molar-refractivity contribution in [1.82, 2.24) is 14.6 Å². The van der Waals surface area contributed by atoms with Crippen molar-refractivity contribution >= 4 is 16.4 Å². The van der Waals surface area contributed by atoms with Crippen molar-refractivity contribution in [3.05, 3.63) is 24.5 Å². The zero-order chi connectivity index (χ0) is 8.55. The Hall–Kier alpha value is -1.43. The van der Waals surface area contributed by atoms with Crippen LogP contribution in [-0.4, -0.2) is 23.0 Å². The number of imidazole rings is 1. The monoisotopic (exact) mass is 183 g/mol. The Labute approximate surface area is 69.6 Å². The maximum Gasteiger partial charge on any atom is 0.187 e. The van der Waals surface area contributed by atoms with Crippen LogP contribution in [0.5, 0.6) is 0 Å². The van der Waals surface area contributed by atoms with Gasteiger partial charge in [-0.05, 0) is 12.1 Å². The number of thiol groups is 1. The maximum atomic E-state index is 10.6. The van der Waals surface area contributed by atoms with Crippen LogP contribution in [0.1, 0.15) is 0 Å². The van der Waals surface area contributed by atoms with E-state index in [2.05, 4.69) is 10.1 Å². The van der Waals surface area contributed by atoms with Crippen LogP contribution in [0.15, 0.2) is 29.6 Å². The fourth-order valence-corrected chi connectivity index (χ4v) is 1.40. The van der Waals surface area contributed by atoms with Gasteiger partial charge < -0.3 is 0 Å². The SMILES string of the molecule is O=[SH](=O)c1cnc2cccnn12. The van der Waals surface area contributed by atoms with Crippen LogP contribution in [0, 0.1) is 0 Å². The number of aromatic nitrogens is 3. The molecule has 2 aromatic rings. The summed E-state index contributed by atoms with van der Waals surface area (Å²) in [5, 5.41) is 3.94. The van der Waals surface area contributed by atoms with Crippen LogP contribution in [0.2, 0.25) is 0 Å². The van der Waals surface area contributed by atoms with E-state index in [9.17, 15) is 8.42 Å². The van der Waals surface area contributed by atoms with E-state index in [0.29, 0.717) is 5.65 Å². The summed E-state index contributed by atoms with van der Waals surface area (Å²) in [6.07, 6.45) is 2.80. The quantitative estimate of drug-likeness (QED) is 0.616. The minimum atomic E-state index is -2.62. The first-order chi connectivity index (χ1) is 5.79. The molecule has 0 saturated carbocycles. The maximum absolute atomic E-state index is 10.6. The Morgan fingerprint density at radius 1 is 1.42 bits per heavy atom. The van der Waals surface area contributed by atoms with Crippen molar-refractivity contribution in [1.29, 1.82) is 0 Å². The summed E-state index contributed by atoms with van der Waals surface area (Å²) in [7, 11) is -2.62. The summed E-state index contributed by atoms with van der Waals surface area (Å²) in [5.41, 5.74) is 0.534. The minimum absolute atomic E-state index is 0.112. The summed E-state index contributed by atoms with van der Waals surface area (Å²) in [5.74, 6) is 0. The van der Waals surface area contributed by atoms with E-state index < -0.39 is 10.7 Å². The van der Waals surface area contributed by atoms with Crippen molar-refractivity contribution in [3.63, 3.8) is 0 Å². The normalized spacial score (nSPS) is 11.1. The first kappa shape index (κ1) is 7.23. The van der Waals surface area contributed by atoms with Crippen LogP contribution in [0.4, 0.5) is 0 Å². The number of hydrogen-bond acceptors (Lipinski definition) is 4. The van der Waals surface area contributed by atoms with Crippen molar-refractivity contribution in [3.8, 4) is 0 Å². The lowest BCUT2D eigenvalue weighted by atomic mass is 10.6. The van der Waals surface area contributed by atoms with Crippen LogP contribution in [0.3, 0.4) is 0 Å². The van der Waals surface area contributed by atoms with Crippen LogP contribution in [0.25, 0.3) is 5.65 Å². The van der Waals surface area contributed by atoms with Gasteiger partial charge in [-0.15, -0.1) is 0 Å². The summed E-state index contributed by atoms with van der Waals surface area (Å²) >= 11 is 0. The molecule has 6 heteroatoms. The van der Waals surface area contributed by atoms with Gasteiger partial charge in [-0.2, -0.15) is 5.10 Å². The molecule has 2 heterocycles. The van der Waals surface area contributed by atoms with Gasteiger partial charge in [-0.25, -0.2) is 17.9 Å². The number of nitrogens with zero attached hydrogens (tertiary/aromatic N) is 3. The molecule has 0 radical (unpaired) electrons. The number of rotatable bonds is 1. The zero-order valence-corrected chi connectivity index (χ0v) is 6.81. The van der Waals surface area contributed by atoms with Crippen LogP contribution in [-0.2, 0) is 10.7 Å². The van der Waals surface area contributed by atoms with Crippen molar-refractivity contribution < 1.29 is 8.42 Å². The lowest BCUT2D eigenvalue weighted by molar-refractivity contribution is 0.607. The molecule has 0 saturated heterocycles. The van der Waals surface area contributed by atoms with Gasteiger partial charge in [-0.1, -0.05) is 0 Å². The fraction of sp³-hybridized carbons (Fsp3) is 0. The van der Waals surface area contributed by atoms with Gasteiger partial charge in [-0.3, -0.25) is 0 Å². The Morgan fingerprint density at radius 3 is 3.00 bits per heavy atom. The molecule has 5 nitrogen and oxygen atoms in total. The molecule has 0 bridgehead atoms. The highest BCUT2D eigenvalue weighted by Crippen LogP contribution is 2.03. The Bertz CT molecular complexity index is 480. The van der Waals surface area contributed by atoms with Crippen molar-refractivity contribution in [2.75, 3.05) is 0 Å². The third-order valence-corrected chi connectivity index (χ3v) is 2.13. The molecule has 62 valence electrons. The van der Waals surface area contributed by atoms with Gasteiger partial charge in [0.15, 0.2) is 21.4 Å². The lowest BCUT2D eigenvalue weighted by Crippen LogP contribution is -1.93. The molecule has 12 heavy (non-hydrogen) atoms. The highest BCUT2D eigenvalue weighted by Gasteiger charge is 2.03. The molecule has 0 fully saturated rings. The van der Waals surface area contributed by atoms with Crippen molar-refractivity contribution in [2.45, 2.75) is 5.03 Å². The predicted molar refractivity (Wildman–Crippen MR) is 41.6 cm³/mol. The second kappa shape index (κ2) is 2.56. The second-order valence-electron chi connectivity index (χ2n) is 2.17. The largest absolute Gasteiger partial charge is 0.234 e. The van der Waals surface area contributed by atoms with E-state index in [4.69, 9.17) is 0 Å². The van der Waals surface area contributed by atoms with Gasteiger partial charge in [0, 0.05) is 6.20 Å². The van der Waals surface area contributed by atoms with E-state index in [1.54, 1.807) is 12.1 Å². The molecule has 0 aliphatic rings. The molecule has 0 unspecified atom stereocenters. The summed E-state index contributed by atoms with van der Waals surface area (Å²) in [6.45, 7) is 0. The molecular formula is C6H5N3O2S. The molecular weight excluding hydrogens is 178 g/mol. The molecule has 0 amide bonds.